The van der Waals surface area contributed by atoms with E-state index in [9.17, 15) is 9.59 Å². The Balaban J connectivity index is 1.64. The minimum Gasteiger partial charge on any atom is -0.455 e. The molecule has 6 nitrogen and oxygen atoms in total. The van der Waals surface area contributed by atoms with Gasteiger partial charge in [-0.2, -0.15) is 0 Å². The molecule has 3 rings (SSSR count). The first kappa shape index (κ1) is 16.5. The van der Waals surface area contributed by atoms with Gasteiger partial charge in [-0.25, -0.2) is 4.98 Å². The van der Waals surface area contributed by atoms with E-state index in [1.165, 1.54) is 0 Å². The first-order chi connectivity index (χ1) is 11.4. The smallest absolute Gasteiger partial charge is 0.287 e. The van der Waals surface area contributed by atoms with E-state index < -0.39 is 0 Å². The second kappa shape index (κ2) is 6.26. The monoisotopic (exact) mass is 329 g/mol. The first-order valence-corrected chi connectivity index (χ1v) is 8.27. The Morgan fingerprint density at radius 3 is 2.92 bits per heavy atom. The summed E-state index contributed by atoms with van der Waals surface area (Å²) in [6.07, 6.45) is 7.34. The predicted molar refractivity (Wildman–Crippen MR) is 89.1 cm³/mol. The minimum absolute atomic E-state index is 0.0710. The van der Waals surface area contributed by atoms with Crippen LogP contribution in [0.1, 0.15) is 58.9 Å². The van der Waals surface area contributed by atoms with Gasteiger partial charge in [0.2, 0.25) is 0 Å². The zero-order valence-electron chi connectivity index (χ0n) is 14.4. The van der Waals surface area contributed by atoms with E-state index in [1.807, 2.05) is 24.6 Å². The first-order valence-electron chi connectivity index (χ1n) is 8.27. The standard InChI is InChI=1S/C18H23N3O3/c1-12-15-13(22)9-18(2,3)10-14(15)24-16(12)17(23)20-5-4-7-21-8-6-19-11-21/h6,8,11H,4-5,7,9-10H2,1-3H3,(H,20,23). The molecule has 0 radical (unpaired) electrons. The molecule has 2 aromatic heterocycles. The second-order valence-corrected chi connectivity index (χ2v) is 7.21. The summed E-state index contributed by atoms with van der Waals surface area (Å²) >= 11 is 0. The van der Waals surface area contributed by atoms with Gasteiger partial charge in [-0.05, 0) is 18.8 Å². The number of furan rings is 1. The quantitative estimate of drug-likeness (QED) is 0.856. The summed E-state index contributed by atoms with van der Waals surface area (Å²) in [5, 5.41) is 2.87. The number of rotatable bonds is 5. The number of hydrogen-bond acceptors (Lipinski definition) is 4. The van der Waals surface area contributed by atoms with Gasteiger partial charge in [0, 0.05) is 43.9 Å². The Morgan fingerprint density at radius 2 is 2.21 bits per heavy atom. The summed E-state index contributed by atoms with van der Waals surface area (Å²) in [6, 6.07) is 0. The van der Waals surface area contributed by atoms with Crippen molar-refractivity contribution in [1.29, 1.82) is 0 Å². The van der Waals surface area contributed by atoms with E-state index in [2.05, 4.69) is 10.3 Å². The number of nitrogens with zero attached hydrogens (tertiary/aromatic N) is 2. The SMILES string of the molecule is Cc1c(C(=O)NCCCn2ccnc2)oc2c1C(=O)CC(C)(C)C2. The summed E-state index contributed by atoms with van der Waals surface area (Å²) in [5.74, 6) is 0.741. The molecule has 0 atom stereocenters. The number of Topliss-reactive ketones (excluding diaryl/α,β-unsaturated/α-hetero) is 1. The average Bonchev–Trinajstić information content (AvgIpc) is 3.10. The third-order valence-electron chi connectivity index (χ3n) is 4.42. The Hall–Kier alpha value is -2.37. The van der Waals surface area contributed by atoms with Crippen molar-refractivity contribution in [1.82, 2.24) is 14.9 Å². The number of amides is 1. The molecule has 1 N–H and O–H groups in total. The maximum atomic E-state index is 12.4. The van der Waals surface area contributed by atoms with Crippen LogP contribution in [-0.4, -0.2) is 27.8 Å². The highest BCUT2D eigenvalue weighted by atomic mass is 16.4. The lowest BCUT2D eigenvalue weighted by Crippen LogP contribution is -2.26. The molecule has 0 unspecified atom stereocenters. The van der Waals surface area contributed by atoms with Crippen LogP contribution in [0.5, 0.6) is 0 Å². The van der Waals surface area contributed by atoms with Gasteiger partial charge in [0.15, 0.2) is 11.5 Å². The topological polar surface area (TPSA) is 77.1 Å². The molecule has 2 heterocycles. The molecular formula is C18H23N3O3. The molecule has 0 saturated heterocycles. The van der Waals surface area contributed by atoms with Crippen molar-refractivity contribution in [3.05, 3.63) is 41.4 Å². The lowest BCUT2D eigenvalue weighted by atomic mass is 9.76. The second-order valence-electron chi connectivity index (χ2n) is 7.21. The van der Waals surface area contributed by atoms with Crippen LogP contribution in [0.4, 0.5) is 0 Å². The van der Waals surface area contributed by atoms with E-state index >= 15 is 0 Å². The van der Waals surface area contributed by atoms with Gasteiger partial charge in [-0.3, -0.25) is 9.59 Å². The maximum absolute atomic E-state index is 12.4. The lowest BCUT2D eigenvalue weighted by Gasteiger charge is -2.27. The summed E-state index contributed by atoms with van der Waals surface area (Å²) < 4.78 is 7.72. The van der Waals surface area contributed by atoms with Crippen LogP contribution in [0.25, 0.3) is 0 Å². The van der Waals surface area contributed by atoms with Gasteiger partial charge in [0.1, 0.15) is 5.76 Å². The van der Waals surface area contributed by atoms with Crippen molar-refractivity contribution in [3.63, 3.8) is 0 Å². The molecule has 1 aliphatic rings. The van der Waals surface area contributed by atoms with Crippen molar-refractivity contribution in [3.8, 4) is 0 Å². The average molecular weight is 329 g/mol. The summed E-state index contributed by atoms with van der Waals surface area (Å²) in [5.41, 5.74) is 1.16. The van der Waals surface area contributed by atoms with E-state index in [-0.39, 0.29) is 22.9 Å². The molecule has 128 valence electrons. The molecule has 6 heteroatoms. The number of aryl methyl sites for hydroxylation is 1. The molecule has 0 spiro atoms. The number of imidazole rings is 1. The predicted octanol–water partition coefficient (Wildman–Crippen LogP) is 2.76. The Labute approximate surface area is 141 Å². The van der Waals surface area contributed by atoms with Gasteiger partial charge in [-0.1, -0.05) is 13.8 Å². The van der Waals surface area contributed by atoms with Gasteiger partial charge in [0.25, 0.3) is 5.91 Å². The molecule has 0 aliphatic heterocycles. The fourth-order valence-corrected chi connectivity index (χ4v) is 3.26. The van der Waals surface area contributed by atoms with Gasteiger partial charge >= 0.3 is 0 Å². The molecule has 24 heavy (non-hydrogen) atoms. The molecule has 0 saturated carbocycles. The number of carbonyl (C=O) groups excluding carboxylic acids is 2. The van der Waals surface area contributed by atoms with E-state index in [4.69, 9.17) is 4.42 Å². The van der Waals surface area contributed by atoms with Gasteiger partial charge in [-0.15, -0.1) is 0 Å². The zero-order valence-corrected chi connectivity index (χ0v) is 14.4. The molecule has 1 amide bonds. The van der Waals surface area contributed by atoms with E-state index in [0.29, 0.717) is 36.3 Å². The largest absolute Gasteiger partial charge is 0.455 e. The van der Waals surface area contributed by atoms with Gasteiger partial charge < -0.3 is 14.3 Å². The van der Waals surface area contributed by atoms with Crippen LogP contribution in [0.2, 0.25) is 0 Å². The fraction of sp³-hybridized carbons (Fsp3) is 0.500. The molecule has 2 aromatic rings. The van der Waals surface area contributed by atoms with E-state index in [0.717, 1.165) is 13.0 Å². The Morgan fingerprint density at radius 1 is 1.42 bits per heavy atom. The summed E-state index contributed by atoms with van der Waals surface area (Å²) in [4.78, 5) is 28.7. The Bertz CT molecular complexity index is 757. The third-order valence-corrected chi connectivity index (χ3v) is 4.42. The molecular weight excluding hydrogens is 306 g/mol. The number of nitrogens with one attached hydrogen (secondary N) is 1. The number of aromatic nitrogens is 2. The maximum Gasteiger partial charge on any atom is 0.287 e. The zero-order chi connectivity index (χ0) is 17.3. The third kappa shape index (κ3) is 3.27. The normalized spacial score (nSPS) is 16.0. The highest BCUT2D eigenvalue weighted by Gasteiger charge is 2.36. The highest BCUT2D eigenvalue weighted by molar-refractivity contribution is 6.03. The fourth-order valence-electron chi connectivity index (χ4n) is 3.26. The van der Waals surface area contributed by atoms with Crippen molar-refractivity contribution < 1.29 is 14.0 Å². The van der Waals surface area contributed by atoms with Crippen LogP contribution in [0.15, 0.2) is 23.1 Å². The lowest BCUT2D eigenvalue weighted by molar-refractivity contribution is 0.0888. The van der Waals surface area contributed by atoms with Crippen LogP contribution in [0.3, 0.4) is 0 Å². The molecule has 0 fully saturated rings. The van der Waals surface area contributed by atoms with Crippen LogP contribution in [-0.2, 0) is 13.0 Å². The van der Waals surface area contributed by atoms with Crippen LogP contribution < -0.4 is 5.32 Å². The Kier molecular flexibility index (Phi) is 4.30. The number of hydrogen-bond donors (Lipinski definition) is 1. The summed E-state index contributed by atoms with van der Waals surface area (Å²) in [7, 11) is 0. The van der Waals surface area contributed by atoms with E-state index in [1.54, 1.807) is 19.4 Å². The number of fused-ring (bicyclic) bond motifs is 1. The van der Waals surface area contributed by atoms with Crippen molar-refractivity contribution in [2.24, 2.45) is 5.41 Å². The molecule has 0 aromatic carbocycles. The van der Waals surface area contributed by atoms with Crippen LogP contribution in [0, 0.1) is 12.3 Å². The summed E-state index contributed by atoms with van der Waals surface area (Å²) in [6.45, 7) is 7.21. The van der Waals surface area contributed by atoms with Crippen molar-refractivity contribution in [2.45, 2.75) is 46.6 Å². The highest BCUT2D eigenvalue weighted by Crippen LogP contribution is 2.38. The molecule has 0 bridgehead atoms. The van der Waals surface area contributed by atoms with Crippen LogP contribution >= 0.6 is 0 Å². The van der Waals surface area contributed by atoms with Crippen molar-refractivity contribution in [2.75, 3.05) is 6.54 Å². The van der Waals surface area contributed by atoms with Gasteiger partial charge in [0.05, 0.1) is 11.9 Å². The van der Waals surface area contributed by atoms with Crippen molar-refractivity contribution >= 4 is 11.7 Å². The number of ketones is 1. The minimum atomic E-state index is -0.252. The number of carbonyl (C=O) groups is 2. The molecule has 1 aliphatic carbocycles.